The number of benzene rings is 1. The minimum absolute atomic E-state index is 0.0697. The normalized spacial score (nSPS) is 10.7. The van der Waals surface area contributed by atoms with Gasteiger partial charge in [0.2, 0.25) is 0 Å². The summed E-state index contributed by atoms with van der Waals surface area (Å²) < 4.78 is 0. The van der Waals surface area contributed by atoms with Crippen LogP contribution < -0.4 is 16.2 Å². The first-order valence-electron chi connectivity index (χ1n) is 6.08. The van der Waals surface area contributed by atoms with Gasteiger partial charge in [-0.05, 0) is 19.9 Å². The van der Waals surface area contributed by atoms with E-state index in [-0.39, 0.29) is 24.2 Å². The highest BCUT2D eigenvalue weighted by atomic mass is 16.2. The number of carbonyl (C=O) groups is 1. The molecule has 1 aromatic heterocycles. The molecule has 100 valence electrons. The van der Waals surface area contributed by atoms with E-state index < -0.39 is 0 Å². The van der Waals surface area contributed by atoms with Crippen molar-refractivity contribution in [3.63, 3.8) is 0 Å². The molecule has 0 unspecified atom stereocenters. The standard InChI is InChI=1S/C13H16N4O2/c1-8(2)15-13(19)14-7-11-9-5-3-4-6-10(9)12(18)17-16-11/h3-6,8H,7H2,1-2H3,(H,17,18)(H2,14,15,19). The number of nitrogens with one attached hydrogen (secondary N) is 3. The van der Waals surface area contributed by atoms with Gasteiger partial charge in [-0.25, -0.2) is 9.89 Å². The molecule has 2 amide bonds. The van der Waals surface area contributed by atoms with Crippen molar-refractivity contribution in [3.05, 3.63) is 40.3 Å². The van der Waals surface area contributed by atoms with Crippen molar-refractivity contribution >= 4 is 16.8 Å². The van der Waals surface area contributed by atoms with E-state index in [1.165, 1.54) is 0 Å². The molecule has 0 saturated heterocycles. The zero-order chi connectivity index (χ0) is 13.8. The molecule has 0 bridgehead atoms. The maximum absolute atomic E-state index is 11.6. The molecule has 1 aromatic carbocycles. The zero-order valence-corrected chi connectivity index (χ0v) is 10.9. The predicted octanol–water partition coefficient (Wildman–Crippen LogP) is 1.13. The van der Waals surface area contributed by atoms with Gasteiger partial charge in [0.05, 0.1) is 17.6 Å². The molecule has 0 aliphatic heterocycles. The lowest BCUT2D eigenvalue weighted by Crippen LogP contribution is -2.39. The Kier molecular flexibility index (Phi) is 3.79. The number of nitrogens with zero attached hydrogens (tertiary/aromatic N) is 1. The van der Waals surface area contributed by atoms with Crippen LogP contribution in [0.3, 0.4) is 0 Å². The van der Waals surface area contributed by atoms with Gasteiger partial charge < -0.3 is 10.6 Å². The number of aromatic nitrogens is 2. The van der Waals surface area contributed by atoms with E-state index >= 15 is 0 Å². The van der Waals surface area contributed by atoms with Gasteiger partial charge in [0.1, 0.15) is 0 Å². The third-order valence-electron chi connectivity index (χ3n) is 2.61. The zero-order valence-electron chi connectivity index (χ0n) is 10.9. The number of amides is 2. The lowest BCUT2D eigenvalue weighted by molar-refractivity contribution is 0.238. The molecule has 0 radical (unpaired) electrons. The number of rotatable bonds is 3. The summed E-state index contributed by atoms with van der Waals surface area (Å²) >= 11 is 0. The first kappa shape index (κ1) is 13.1. The summed E-state index contributed by atoms with van der Waals surface area (Å²) in [5, 5.41) is 13.2. The molecule has 6 nitrogen and oxygen atoms in total. The van der Waals surface area contributed by atoms with E-state index in [1.807, 2.05) is 26.0 Å². The Balaban J connectivity index is 2.20. The van der Waals surface area contributed by atoms with Crippen LogP contribution >= 0.6 is 0 Å². The monoisotopic (exact) mass is 260 g/mol. The molecule has 0 aliphatic rings. The van der Waals surface area contributed by atoms with Crippen molar-refractivity contribution in [3.8, 4) is 0 Å². The van der Waals surface area contributed by atoms with Crippen LogP contribution in [0.15, 0.2) is 29.1 Å². The van der Waals surface area contributed by atoms with Gasteiger partial charge in [-0.1, -0.05) is 18.2 Å². The van der Waals surface area contributed by atoms with Crippen molar-refractivity contribution in [2.24, 2.45) is 0 Å². The fourth-order valence-electron chi connectivity index (χ4n) is 1.78. The van der Waals surface area contributed by atoms with Crippen molar-refractivity contribution in [2.45, 2.75) is 26.4 Å². The van der Waals surface area contributed by atoms with E-state index in [1.54, 1.807) is 12.1 Å². The van der Waals surface area contributed by atoms with Gasteiger partial charge in [0.15, 0.2) is 0 Å². The number of hydrogen-bond acceptors (Lipinski definition) is 3. The lowest BCUT2D eigenvalue weighted by atomic mass is 10.1. The minimum Gasteiger partial charge on any atom is -0.336 e. The highest BCUT2D eigenvalue weighted by Gasteiger charge is 2.07. The summed E-state index contributed by atoms with van der Waals surface area (Å²) in [6, 6.07) is 6.98. The Hall–Kier alpha value is -2.37. The van der Waals surface area contributed by atoms with Crippen LogP contribution in [0.4, 0.5) is 4.79 Å². The maximum Gasteiger partial charge on any atom is 0.315 e. The molecule has 0 aliphatic carbocycles. The van der Waals surface area contributed by atoms with E-state index in [0.717, 1.165) is 5.39 Å². The summed E-state index contributed by atoms with van der Waals surface area (Å²) in [5.74, 6) is 0. The van der Waals surface area contributed by atoms with Crippen LogP contribution in [-0.4, -0.2) is 22.3 Å². The van der Waals surface area contributed by atoms with Gasteiger partial charge in [0, 0.05) is 11.4 Å². The highest BCUT2D eigenvalue weighted by Crippen LogP contribution is 2.11. The molecule has 0 saturated carbocycles. The predicted molar refractivity (Wildman–Crippen MR) is 72.9 cm³/mol. The molecule has 6 heteroatoms. The molecule has 2 aromatic rings. The number of fused-ring (bicyclic) bond motifs is 1. The van der Waals surface area contributed by atoms with Crippen molar-refractivity contribution in [2.75, 3.05) is 0 Å². The number of urea groups is 1. The Morgan fingerprint density at radius 3 is 2.68 bits per heavy atom. The average molecular weight is 260 g/mol. The van der Waals surface area contributed by atoms with E-state index in [2.05, 4.69) is 20.8 Å². The summed E-state index contributed by atoms with van der Waals surface area (Å²) in [6.07, 6.45) is 0. The number of hydrogen-bond donors (Lipinski definition) is 3. The SMILES string of the molecule is CC(C)NC(=O)NCc1n[nH]c(=O)c2ccccc12. The summed E-state index contributed by atoms with van der Waals surface area (Å²) in [4.78, 5) is 23.1. The first-order chi connectivity index (χ1) is 9.08. The van der Waals surface area contributed by atoms with E-state index in [4.69, 9.17) is 0 Å². The summed E-state index contributed by atoms with van der Waals surface area (Å²) in [5.41, 5.74) is 0.403. The van der Waals surface area contributed by atoms with Gasteiger partial charge in [-0.2, -0.15) is 5.10 Å². The second kappa shape index (κ2) is 5.51. The summed E-state index contributed by atoms with van der Waals surface area (Å²) in [6.45, 7) is 4.02. The molecular formula is C13H16N4O2. The molecule has 0 atom stereocenters. The fraction of sp³-hybridized carbons (Fsp3) is 0.308. The smallest absolute Gasteiger partial charge is 0.315 e. The molecule has 0 spiro atoms. The third kappa shape index (κ3) is 3.09. The van der Waals surface area contributed by atoms with E-state index in [0.29, 0.717) is 11.1 Å². The van der Waals surface area contributed by atoms with E-state index in [9.17, 15) is 9.59 Å². The fourth-order valence-corrected chi connectivity index (χ4v) is 1.78. The number of aromatic amines is 1. The van der Waals surface area contributed by atoms with Crippen LogP contribution in [0.25, 0.3) is 10.8 Å². The largest absolute Gasteiger partial charge is 0.336 e. The number of H-pyrrole nitrogens is 1. The maximum atomic E-state index is 11.6. The van der Waals surface area contributed by atoms with Crippen LogP contribution in [0.5, 0.6) is 0 Å². The van der Waals surface area contributed by atoms with Crippen LogP contribution in [0.1, 0.15) is 19.5 Å². The topological polar surface area (TPSA) is 86.9 Å². The Morgan fingerprint density at radius 1 is 1.32 bits per heavy atom. The molecule has 2 rings (SSSR count). The molecule has 19 heavy (non-hydrogen) atoms. The molecular weight excluding hydrogens is 244 g/mol. The van der Waals surface area contributed by atoms with Crippen LogP contribution in [-0.2, 0) is 6.54 Å². The third-order valence-corrected chi connectivity index (χ3v) is 2.61. The van der Waals surface area contributed by atoms with Crippen molar-refractivity contribution in [1.29, 1.82) is 0 Å². The van der Waals surface area contributed by atoms with Crippen LogP contribution in [0, 0.1) is 0 Å². The van der Waals surface area contributed by atoms with Gasteiger partial charge in [-0.15, -0.1) is 0 Å². The Morgan fingerprint density at radius 2 is 2.00 bits per heavy atom. The molecule has 3 N–H and O–H groups in total. The minimum atomic E-state index is -0.257. The van der Waals surface area contributed by atoms with Gasteiger partial charge in [-0.3, -0.25) is 4.79 Å². The van der Waals surface area contributed by atoms with Gasteiger partial charge in [0.25, 0.3) is 5.56 Å². The lowest BCUT2D eigenvalue weighted by Gasteiger charge is -2.10. The van der Waals surface area contributed by atoms with Crippen molar-refractivity contribution < 1.29 is 4.79 Å². The van der Waals surface area contributed by atoms with Gasteiger partial charge >= 0.3 is 6.03 Å². The number of carbonyl (C=O) groups excluding carboxylic acids is 1. The Labute approximate surface area is 110 Å². The Bertz CT molecular complexity index is 648. The molecule has 1 heterocycles. The first-order valence-corrected chi connectivity index (χ1v) is 6.08. The molecule has 0 fully saturated rings. The second-order valence-electron chi connectivity index (χ2n) is 4.53. The van der Waals surface area contributed by atoms with Crippen molar-refractivity contribution in [1.82, 2.24) is 20.8 Å². The van der Waals surface area contributed by atoms with Crippen LogP contribution in [0.2, 0.25) is 0 Å². The average Bonchev–Trinajstić information content (AvgIpc) is 2.37. The highest BCUT2D eigenvalue weighted by molar-refractivity contribution is 5.83. The quantitative estimate of drug-likeness (QED) is 0.773. The summed E-state index contributed by atoms with van der Waals surface area (Å²) in [7, 11) is 0. The second-order valence-corrected chi connectivity index (χ2v) is 4.53.